The number of likely N-dealkylation sites (tertiary alicyclic amines) is 1. The molecule has 0 unspecified atom stereocenters. The van der Waals surface area contributed by atoms with E-state index in [1.165, 1.54) is 0 Å². The van der Waals surface area contributed by atoms with E-state index in [2.05, 4.69) is 20.3 Å². The van der Waals surface area contributed by atoms with Gasteiger partial charge in [-0.3, -0.25) is 4.79 Å². The van der Waals surface area contributed by atoms with Crippen molar-refractivity contribution in [2.24, 2.45) is 0 Å². The number of rotatable bonds is 5. The van der Waals surface area contributed by atoms with Crippen molar-refractivity contribution in [3.05, 3.63) is 28.7 Å². The van der Waals surface area contributed by atoms with Crippen LogP contribution in [0.3, 0.4) is 0 Å². The number of aryl methyl sites for hydroxylation is 2. The van der Waals surface area contributed by atoms with E-state index in [1.54, 1.807) is 18.4 Å². The molecule has 1 aliphatic rings. The van der Waals surface area contributed by atoms with Crippen molar-refractivity contribution < 1.29 is 9.53 Å². The van der Waals surface area contributed by atoms with Crippen molar-refractivity contribution >= 4 is 28.2 Å². The number of aromatic nitrogens is 3. The molecule has 1 aliphatic heterocycles. The maximum Gasteiger partial charge on any atom is 0.248 e. The molecule has 0 bridgehead atoms. The van der Waals surface area contributed by atoms with Gasteiger partial charge in [-0.25, -0.2) is 15.0 Å². The van der Waals surface area contributed by atoms with Gasteiger partial charge < -0.3 is 15.0 Å². The van der Waals surface area contributed by atoms with E-state index in [9.17, 15) is 4.79 Å². The van der Waals surface area contributed by atoms with E-state index in [0.717, 1.165) is 47.5 Å². The van der Waals surface area contributed by atoms with Crippen LogP contribution in [0.2, 0.25) is 0 Å². The molecule has 1 amide bonds. The molecule has 2 aromatic rings. The summed E-state index contributed by atoms with van der Waals surface area (Å²) in [5.41, 5.74) is 1.89. The Morgan fingerprint density at radius 1 is 1.36 bits per heavy atom. The second kappa shape index (κ2) is 7.88. The zero-order valence-corrected chi connectivity index (χ0v) is 15.6. The lowest BCUT2D eigenvalue weighted by atomic mass is 9.97. The van der Waals surface area contributed by atoms with Gasteiger partial charge in [-0.2, -0.15) is 0 Å². The number of amides is 1. The average molecular weight is 361 g/mol. The minimum Gasteiger partial charge on any atom is -0.375 e. The fourth-order valence-corrected chi connectivity index (χ4v) is 3.68. The van der Waals surface area contributed by atoms with Gasteiger partial charge in [0.25, 0.3) is 0 Å². The van der Waals surface area contributed by atoms with Gasteiger partial charge in [-0.1, -0.05) is 0 Å². The number of nitrogens with one attached hydrogen (secondary N) is 1. The summed E-state index contributed by atoms with van der Waals surface area (Å²) in [7, 11) is 1.54. The van der Waals surface area contributed by atoms with E-state index in [0.29, 0.717) is 6.54 Å². The Hall–Kier alpha value is -2.06. The van der Waals surface area contributed by atoms with Crippen molar-refractivity contribution in [3.8, 4) is 0 Å². The van der Waals surface area contributed by atoms with Crippen LogP contribution in [0.4, 0.5) is 10.9 Å². The molecular weight excluding hydrogens is 338 g/mol. The predicted molar refractivity (Wildman–Crippen MR) is 97.3 cm³/mol. The van der Waals surface area contributed by atoms with E-state index < -0.39 is 0 Å². The summed E-state index contributed by atoms with van der Waals surface area (Å²) in [6, 6.07) is 1.91. The number of hydrogen-bond acceptors (Lipinski definition) is 7. The van der Waals surface area contributed by atoms with E-state index in [1.807, 2.05) is 30.2 Å². The van der Waals surface area contributed by atoms with Crippen LogP contribution in [0.15, 0.2) is 11.4 Å². The molecule has 3 rings (SSSR count). The summed E-state index contributed by atoms with van der Waals surface area (Å²) in [5.74, 6) is 1.70. The number of thiazole rings is 1. The largest absolute Gasteiger partial charge is 0.375 e. The van der Waals surface area contributed by atoms with Crippen molar-refractivity contribution in [3.63, 3.8) is 0 Å². The molecule has 1 atom stereocenters. The lowest BCUT2D eigenvalue weighted by Crippen LogP contribution is -2.41. The molecule has 2 aromatic heterocycles. The molecule has 1 saturated heterocycles. The van der Waals surface area contributed by atoms with Crippen molar-refractivity contribution in [1.29, 1.82) is 0 Å². The molecule has 0 saturated carbocycles. The van der Waals surface area contributed by atoms with Crippen molar-refractivity contribution in [2.75, 3.05) is 32.1 Å². The monoisotopic (exact) mass is 361 g/mol. The normalized spacial score (nSPS) is 17.6. The highest BCUT2D eigenvalue weighted by molar-refractivity contribution is 7.13. The fourth-order valence-electron chi connectivity index (χ4n) is 2.99. The number of nitrogens with zero attached hydrogens (tertiary/aromatic N) is 4. The molecule has 1 fully saturated rings. The third-order valence-electron chi connectivity index (χ3n) is 4.13. The lowest BCUT2D eigenvalue weighted by molar-refractivity contribution is -0.136. The van der Waals surface area contributed by atoms with Gasteiger partial charge in [0.05, 0.1) is 5.69 Å². The van der Waals surface area contributed by atoms with Crippen LogP contribution in [0.25, 0.3) is 0 Å². The molecule has 0 radical (unpaired) electrons. The SMILES string of the molecule is COCC(=O)N1CCC[C@@H](c2nc(C)cc(Nc3nc(C)cs3)n2)C1. The van der Waals surface area contributed by atoms with Crippen molar-refractivity contribution in [2.45, 2.75) is 32.6 Å². The number of anilines is 2. The van der Waals surface area contributed by atoms with Gasteiger partial charge in [0.15, 0.2) is 5.13 Å². The van der Waals surface area contributed by atoms with Gasteiger partial charge >= 0.3 is 0 Å². The first-order valence-corrected chi connectivity index (χ1v) is 9.24. The Balaban J connectivity index is 1.76. The number of carbonyl (C=O) groups is 1. The van der Waals surface area contributed by atoms with Crippen LogP contribution in [-0.4, -0.2) is 52.6 Å². The van der Waals surface area contributed by atoms with Gasteiger partial charge in [0.1, 0.15) is 18.2 Å². The summed E-state index contributed by atoms with van der Waals surface area (Å²) in [5, 5.41) is 6.07. The number of methoxy groups -OCH3 is 1. The fraction of sp³-hybridized carbons (Fsp3) is 0.529. The second-order valence-corrected chi connectivity index (χ2v) is 7.14. The van der Waals surface area contributed by atoms with Crippen LogP contribution >= 0.6 is 11.3 Å². The van der Waals surface area contributed by atoms with Crippen LogP contribution in [-0.2, 0) is 9.53 Å². The minimum atomic E-state index is 0.0245. The molecule has 0 spiro atoms. The van der Waals surface area contributed by atoms with Gasteiger partial charge in [0.2, 0.25) is 5.91 Å². The Morgan fingerprint density at radius 2 is 2.20 bits per heavy atom. The minimum absolute atomic E-state index is 0.0245. The quantitative estimate of drug-likeness (QED) is 0.882. The zero-order valence-electron chi connectivity index (χ0n) is 14.8. The summed E-state index contributed by atoms with van der Waals surface area (Å²) < 4.78 is 4.97. The van der Waals surface area contributed by atoms with Gasteiger partial charge in [-0.15, -0.1) is 11.3 Å². The zero-order chi connectivity index (χ0) is 17.8. The number of hydrogen-bond donors (Lipinski definition) is 1. The molecular formula is C17H23N5O2S. The highest BCUT2D eigenvalue weighted by atomic mass is 32.1. The summed E-state index contributed by atoms with van der Waals surface area (Å²) >= 11 is 1.55. The first-order valence-electron chi connectivity index (χ1n) is 8.36. The lowest BCUT2D eigenvalue weighted by Gasteiger charge is -2.32. The van der Waals surface area contributed by atoms with E-state index in [4.69, 9.17) is 4.74 Å². The Labute approximate surface area is 151 Å². The maximum atomic E-state index is 12.1. The Kier molecular flexibility index (Phi) is 5.60. The smallest absolute Gasteiger partial charge is 0.248 e. The predicted octanol–water partition coefficient (Wildman–Crippen LogP) is 2.65. The second-order valence-electron chi connectivity index (χ2n) is 6.28. The number of piperidine rings is 1. The topological polar surface area (TPSA) is 80.2 Å². The molecule has 8 heteroatoms. The summed E-state index contributed by atoms with van der Waals surface area (Å²) in [6.45, 7) is 5.46. The number of carbonyl (C=O) groups excluding carboxylic acids is 1. The third kappa shape index (κ3) is 4.52. The Morgan fingerprint density at radius 3 is 2.92 bits per heavy atom. The molecule has 0 aromatic carbocycles. The highest BCUT2D eigenvalue weighted by Crippen LogP contribution is 2.27. The highest BCUT2D eigenvalue weighted by Gasteiger charge is 2.26. The summed E-state index contributed by atoms with van der Waals surface area (Å²) in [4.78, 5) is 27.6. The van der Waals surface area contributed by atoms with Gasteiger partial charge in [0, 0.05) is 43.3 Å². The van der Waals surface area contributed by atoms with Crippen LogP contribution < -0.4 is 5.32 Å². The standard InChI is InChI=1S/C17H23N5O2S/c1-11-7-14(21-17-19-12(2)10-25-17)20-16(18-11)13-5-4-6-22(8-13)15(23)9-24-3/h7,10,13H,4-6,8-9H2,1-3H3,(H,18,19,20,21)/t13-/m1/s1. The molecule has 134 valence electrons. The maximum absolute atomic E-state index is 12.1. The molecule has 7 nitrogen and oxygen atoms in total. The van der Waals surface area contributed by atoms with Crippen LogP contribution in [0.1, 0.15) is 36.0 Å². The molecule has 1 N–H and O–H groups in total. The Bertz CT molecular complexity index is 748. The first kappa shape index (κ1) is 17.8. The molecule has 25 heavy (non-hydrogen) atoms. The van der Waals surface area contributed by atoms with Crippen LogP contribution in [0, 0.1) is 13.8 Å². The molecule has 0 aliphatic carbocycles. The average Bonchev–Trinajstić information content (AvgIpc) is 2.99. The van der Waals surface area contributed by atoms with Crippen LogP contribution in [0.5, 0.6) is 0 Å². The first-order chi connectivity index (χ1) is 12.0. The van der Waals surface area contributed by atoms with E-state index >= 15 is 0 Å². The summed E-state index contributed by atoms with van der Waals surface area (Å²) in [6.07, 6.45) is 1.93. The third-order valence-corrected chi connectivity index (χ3v) is 5.01. The van der Waals surface area contributed by atoms with Gasteiger partial charge in [-0.05, 0) is 26.7 Å². The number of ether oxygens (including phenoxy) is 1. The molecule has 3 heterocycles. The van der Waals surface area contributed by atoms with Crippen molar-refractivity contribution in [1.82, 2.24) is 19.9 Å². The van der Waals surface area contributed by atoms with E-state index in [-0.39, 0.29) is 18.4 Å².